The number of alkyl halides is 2. The van der Waals surface area contributed by atoms with Crippen LogP contribution in [0, 0.1) is 5.92 Å². The quantitative estimate of drug-likeness (QED) is 0.676. The molecule has 1 atom stereocenters. The Hall–Kier alpha value is -0.180. The van der Waals surface area contributed by atoms with Crippen LogP contribution in [0.2, 0.25) is 0 Å². The monoisotopic (exact) mass is 279 g/mol. The van der Waals surface area contributed by atoms with E-state index in [9.17, 15) is 4.79 Å². The second-order valence-electron chi connectivity index (χ2n) is 4.09. The number of amides is 1. The van der Waals surface area contributed by atoms with Gasteiger partial charge in [-0.1, -0.05) is 40.9 Å². The van der Waals surface area contributed by atoms with E-state index in [1.165, 1.54) is 5.57 Å². The minimum absolute atomic E-state index is 0.214. The number of likely N-dealkylation sites (tertiary alicyclic amines) is 1. The molecule has 2 aliphatic rings. The van der Waals surface area contributed by atoms with Crippen molar-refractivity contribution in [1.29, 1.82) is 0 Å². The van der Waals surface area contributed by atoms with Gasteiger partial charge >= 0.3 is 0 Å². The largest absolute Gasteiger partial charge is 0.336 e. The summed E-state index contributed by atoms with van der Waals surface area (Å²) in [6, 6.07) is 0. The van der Waals surface area contributed by atoms with Crippen LogP contribution in [0.15, 0.2) is 22.8 Å². The van der Waals surface area contributed by atoms with E-state index < -0.39 is 4.84 Å². The van der Waals surface area contributed by atoms with E-state index >= 15 is 0 Å². The van der Waals surface area contributed by atoms with Crippen molar-refractivity contribution in [2.75, 3.05) is 13.1 Å². The van der Waals surface area contributed by atoms with Gasteiger partial charge in [-0.25, -0.2) is 0 Å². The topological polar surface area (TPSA) is 20.3 Å². The lowest BCUT2D eigenvalue weighted by atomic mass is 9.85. The predicted molar refractivity (Wildman–Crippen MR) is 66.8 cm³/mol. The Morgan fingerprint density at radius 1 is 1.50 bits per heavy atom. The summed E-state index contributed by atoms with van der Waals surface area (Å²) in [7, 11) is 0. The van der Waals surface area contributed by atoms with Gasteiger partial charge in [-0.2, -0.15) is 0 Å². The van der Waals surface area contributed by atoms with Gasteiger partial charge in [-0.3, -0.25) is 4.79 Å². The minimum atomic E-state index is -0.966. The van der Waals surface area contributed by atoms with Gasteiger partial charge in [-0.15, -0.1) is 0 Å². The lowest BCUT2D eigenvalue weighted by Crippen LogP contribution is -2.42. The molecule has 1 saturated heterocycles. The zero-order valence-corrected chi connectivity index (χ0v) is 10.9. The molecular weight excluding hydrogens is 268 g/mol. The van der Waals surface area contributed by atoms with Gasteiger partial charge in [-0.05, 0) is 30.4 Å². The molecule has 1 heterocycles. The van der Waals surface area contributed by atoms with E-state index in [2.05, 4.69) is 0 Å². The van der Waals surface area contributed by atoms with Crippen LogP contribution in [-0.4, -0.2) is 28.7 Å². The van der Waals surface area contributed by atoms with Crippen molar-refractivity contribution in [1.82, 2.24) is 4.90 Å². The summed E-state index contributed by atoms with van der Waals surface area (Å²) in [5, 5.41) is 0.758. The number of allylic oxidation sites excluding steroid dienone is 3. The van der Waals surface area contributed by atoms with Crippen molar-refractivity contribution in [3.63, 3.8) is 0 Å². The Morgan fingerprint density at radius 2 is 2.25 bits per heavy atom. The van der Waals surface area contributed by atoms with Crippen molar-refractivity contribution in [2.45, 2.75) is 17.7 Å². The van der Waals surface area contributed by atoms with Gasteiger partial charge in [0.1, 0.15) is 0 Å². The van der Waals surface area contributed by atoms with E-state index in [1.807, 2.05) is 12.2 Å². The lowest BCUT2D eigenvalue weighted by molar-refractivity contribution is -0.129. The van der Waals surface area contributed by atoms with E-state index in [-0.39, 0.29) is 5.91 Å². The summed E-state index contributed by atoms with van der Waals surface area (Å²) in [4.78, 5) is 12.4. The summed E-state index contributed by atoms with van der Waals surface area (Å²) in [5.41, 5.74) is 1.21. The van der Waals surface area contributed by atoms with Crippen molar-refractivity contribution >= 4 is 40.7 Å². The first-order valence-corrected chi connectivity index (χ1v) is 6.46. The number of hydrogen-bond acceptors (Lipinski definition) is 1. The van der Waals surface area contributed by atoms with Gasteiger partial charge in [0.25, 0.3) is 5.91 Å². The Balaban J connectivity index is 2.08. The van der Waals surface area contributed by atoms with Gasteiger partial charge in [0.2, 0.25) is 0 Å². The first kappa shape index (κ1) is 12.3. The molecule has 16 heavy (non-hydrogen) atoms. The average Bonchev–Trinajstić information content (AvgIpc) is 2.26. The normalized spacial score (nSPS) is 25.0. The number of carbonyl (C=O) groups excluding carboxylic acids is 1. The Bertz CT molecular complexity index is 362. The zero-order chi connectivity index (χ0) is 11.7. The molecule has 0 aromatic carbocycles. The van der Waals surface area contributed by atoms with Gasteiger partial charge in [0, 0.05) is 18.1 Å². The number of rotatable bonds is 1. The van der Waals surface area contributed by atoms with E-state index in [0.29, 0.717) is 12.5 Å². The molecular formula is C11H12Cl3NO. The Morgan fingerprint density at radius 3 is 2.94 bits per heavy atom. The van der Waals surface area contributed by atoms with Crippen LogP contribution >= 0.6 is 34.8 Å². The van der Waals surface area contributed by atoms with E-state index in [1.54, 1.807) is 4.90 Å². The molecule has 0 aromatic rings. The molecule has 0 N–H and O–H groups in total. The average molecular weight is 281 g/mol. The lowest BCUT2D eigenvalue weighted by Gasteiger charge is -2.35. The van der Waals surface area contributed by atoms with Crippen LogP contribution in [0.3, 0.4) is 0 Å². The molecule has 1 aliphatic carbocycles. The number of nitrogens with zero attached hydrogens (tertiary/aromatic N) is 1. The molecule has 0 bridgehead atoms. The molecule has 2 nitrogen and oxygen atoms in total. The predicted octanol–water partition coefficient (Wildman–Crippen LogP) is 3.09. The van der Waals surface area contributed by atoms with Crippen molar-refractivity contribution in [3.05, 3.63) is 22.8 Å². The van der Waals surface area contributed by atoms with Crippen molar-refractivity contribution in [3.8, 4) is 0 Å². The van der Waals surface area contributed by atoms with Gasteiger partial charge in [0.05, 0.1) is 0 Å². The summed E-state index contributed by atoms with van der Waals surface area (Å²) in [5.74, 6) is 0.309. The number of piperidine rings is 1. The SMILES string of the molecule is O=C(C(Cl)Cl)N1CCC2CC=C(Cl)C=C2C1. The van der Waals surface area contributed by atoms with Crippen LogP contribution < -0.4 is 0 Å². The second kappa shape index (κ2) is 4.99. The molecule has 1 aliphatic heterocycles. The van der Waals surface area contributed by atoms with Crippen molar-refractivity contribution in [2.24, 2.45) is 5.92 Å². The Labute approximate surface area is 110 Å². The number of hydrogen-bond donors (Lipinski definition) is 0. The van der Waals surface area contributed by atoms with Crippen LogP contribution in [0.5, 0.6) is 0 Å². The molecule has 1 amide bonds. The maximum absolute atomic E-state index is 11.6. The number of carbonyl (C=O) groups is 1. The van der Waals surface area contributed by atoms with Crippen LogP contribution in [-0.2, 0) is 4.79 Å². The first-order chi connectivity index (χ1) is 7.58. The molecule has 1 unspecified atom stereocenters. The fraction of sp³-hybridized carbons (Fsp3) is 0.545. The maximum Gasteiger partial charge on any atom is 0.256 e. The van der Waals surface area contributed by atoms with Crippen LogP contribution in [0.25, 0.3) is 0 Å². The summed E-state index contributed by atoms with van der Waals surface area (Å²) in [6.07, 6.45) is 5.91. The molecule has 0 saturated carbocycles. The third-order valence-corrected chi connectivity index (χ3v) is 3.70. The smallest absolute Gasteiger partial charge is 0.256 e. The molecule has 1 fully saturated rings. The third-order valence-electron chi connectivity index (χ3n) is 3.06. The molecule has 0 aromatic heterocycles. The molecule has 2 rings (SSSR count). The summed E-state index contributed by atoms with van der Waals surface area (Å²) >= 11 is 17.1. The molecule has 0 radical (unpaired) electrons. The summed E-state index contributed by atoms with van der Waals surface area (Å²) in [6.45, 7) is 1.33. The van der Waals surface area contributed by atoms with E-state index in [4.69, 9.17) is 34.8 Å². The van der Waals surface area contributed by atoms with Crippen molar-refractivity contribution < 1.29 is 4.79 Å². The summed E-state index contributed by atoms with van der Waals surface area (Å²) < 4.78 is 0. The highest BCUT2D eigenvalue weighted by Crippen LogP contribution is 2.32. The number of halogens is 3. The van der Waals surface area contributed by atoms with E-state index in [0.717, 1.165) is 24.4 Å². The molecule has 5 heteroatoms. The van der Waals surface area contributed by atoms with Crippen LogP contribution in [0.1, 0.15) is 12.8 Å². The maximum atomic E-state index is 11.6. The zero-order valence-electron chi connectivity index (χ0n) is 8.63. The standard InChI is InChI=1S/C11H12Cl3NO/c12-9-2-1-7-3-4-15(6-8(7)5-9)11(16)10(13)14/h2,5,7,10H,1,3-4,6H2. The van der Waals surface area contributed by atoms with Crippen LogP contribution in [0.4, 0.5) is 0 Å². The van der Waals surface area contributed by atoms with Gasteiger partial charge in [0.15, 0.2) is 4.84 Å². The Kier molecular flexibility index (Phi) is 3.83. The highest BCUT2D eigenvalue weighted by Gasteiger charge is 2.29. The molecule has 0 spiro atoms. The highest BCUT2D eigenvalue weighted by molar-refractivity contribution is 6.53. The fourth-order valence-electron chi connectivity index (χ4n) is 2.18. The van der Waals surface area contributed by atoms with Gasteiger partial charge < -0.3 is 4.90 Å². The number of fused-ring (bicyclic) bond motifs is 1. The molecule has 88 valence electrons. The third kappa shape index (κ3) is 2.55. The second-order valence-corrected chi connectivity index (χ2v) is 5.62. The fourth-order valence-corrected chi connectivity index (χ4v) is 2.68. The first-order valence-electron chi connectivity index (χ1n) is 5.21. The minimum Gasteiger partial charge on any atom is -0.336 e. The highest BCUT2D eigenvalue weighted by atomic mass is 35.5.